The van der Waals surface area contributed by atoms with Gasteiger partial charge in [-0.1, -0.05) is 13.8 Å². The molecule has 0 aromatic heterocycles. The fourth-order valence-corrected chi connectivity index (χ4v) is 0.258. The summed E-state index contributed by atoms with van der Waals surface area (Å²) in [6.07, 6.45) is 1.72. The van der Waals surface area contributed by atoms with Gasteiger partial charge >= 0.3 is 49.9 Å². The van der Waals surface area contributed by atoms with Crippen LogP contribution >= 0.6 is 38.7 Å². The Balaban J connectivity index is -0.000000153. The van der Waals surface area contributed by atoms with E-state index in [0.717, 1.165) is 12.8 Å². The minimum absolute atomic E-state index is 0.00926. The Morgan fingerprint density at radius 2 is 1.20 bits per heavy atom. The van der Waals surface area contributed by atoms with Crippen molar-refractivity contribution in [3.8, 4) is 0 Å². The summed E-state index contributed by atoms with van der Waals surface area (Å²) < 4.78 is 0. The molecule has 2 atom stereocenters. The molecule has 4 nitrogen and oxygen atoms in total. The molecule has 0 unspecified atom stereocenters. The van der Waals surface area contributed by atoms with Crippen LogP contribution in [0.1, 0.15) is 26.7 Å². The van der Waals surface area contributed by atoms with Crippen molar-refractivity contribution >= 4 is 38.7 Å². The van der Waals surface area contributed by atoms with E-state index in [1.807, 2.05) is 13.8 Å². The molecular formula is C8H22I2N2O2Pt. The molecule has 0 radical (unpaired) electrons. The van der Waals surface area contributed by atoms with Crippen molar-refractivity contribution in [2.75, 3.05) is 13.2 Å². The molecule has 0 spiro atoms. The summed E-state index contributed by atoms with van der Waals surface area (Å²) in [6, 6.07) is -0.0185. The Kier molecular flexibility index (Phi) is 31.5. The molecule has 0 bridgehead atoms. The summed E-state index contributed by atoms with van der Waals surface area (Å²) in [4.78, 5) is 0. The van der Waals surface area contributed by atoms with E-state index in [-0.39, 0.29) is 25.3 Å². The van der Waals surface area contributed by atoms with Crippen LogP contribution in [-0.4, -0.2) is 35.5 Å². The third-order valence-corrected chi connectivity index (χ3v) is 1.52. The van der Waals surface area contributed by atoms with Gasteiger partial charge in [0.2, 0.25) is 0 Å². The second kappa shape index (κ2) is 21.3. The van der Waals surface area contributed by atoms with Crippen LogP contribution < -0.4 is 11.5 Å². The number of aliphatic hydroxyl groups excluding tert-OH is 2. The monoisotopic (exact) mass is 627 g/mol. The summed E-state index contributed by atoms with van der Waals surface area (Å²) >= 11 is 5.30. The van der Waals surface area contributed by atoms with E-state index in [1.165, 1.54) is 0 Å². The van der Waals surface area contributed by atoms with Gasteiger partial charge in [0.05, 0.1) is 13.2 Å². The summed E-state index contributed by atoms with van der Waals surface area (Å²) in [5.74, 6) is 0. The van der Waals surface area contributed by atoms with Gasteiger partial charge in [-0.15, -0.1) is 0 Å². The Hall–Kier alpha value is 1.99. The molecule has 7 heteroatoms. The summed E-state index contributed by atoms with van der Waals surface area (Å²) in [5, 5.41) is 16.4. The first-order chi connectivity index (χ1) is 7.03. The predicted molar refractivity (Wildman–Crippen MR) is 78.7 cm³/mol. The molecule has 6 N–H and O–H groups in total. The normalized spacial score (nSPS) is 13.1. The molecule has 0 amide bonds. The molecule has 0 fully saturated rings. The van der Waals surface area contributed by atoms with Crippen LogP contribution in [0.3, 0.4) is 0 Å². The van der Waals surface area contributed by atoms with Gasteiger partial charge < -0.3 is 21.7 Å². The van der Waals surface area contributed by atoms with Crippen LogP contribution in [0.5, 0.6) is 0 Å². The fraction of sp³-hybridized carbons (Fsp3) is 1.00. The van der Waals surface area contributed by atoms with E-state index in [1.54, 1.807) is 0 Å². The first-order valence-electron chi connectivity index (χ1n) is 4.59. The van der Waals surface area contributed by atoms with E-state index >= 15 is 0 Å². The molecule has 0 aliphatic heterocycles. The third kappa shape index (κ3) is 31.4. The van der Waals surface area contributed by atoms with Gasteiger partial charge in [0.25, 0.3) is 0 Å². The molecule has 0 aliphatic carbocycles. The maximum absolute atomic E-state index is 8.21. The van der Waals surface area contributed by atoms with Crippen molar-refractivity contribution in [2.45, 2.75) is 38.8 Å². The molecule has 0 aromatic rings. The summed E-state index contributed by atoms with van der Waals surface area (Å²) in [5.41, 5.74) is 10.4. The second-order valence-corrected chi connectivity index (χ2v) is 19.3. The number of rotatable bonds is 4. The van der Waals surface area contributed by atoms with Gasteiger partial charge in [-0.25, -0.2) is 0 Å². The van der Waals surface area contributed by atoms with E-state index < -0.39 is 0 Å². The average molecular weight is 627 g/mol. The topological polar surface area (TPSA) is 92.5 Å². The van der Waals surface area contributed by atoms with Gasteiger partial charge in [-0.2, -0.15) is 0 Å². The number of hydrogen-bond donors (Lipinski definition) is 4. The summed E-state index contributed by atoms with van der Waals surface area (Å²) in [6.45, 7) is 4.11. The van der Waals surface area contributed by atoms with Crippen molar-refractivity contribution in [2.24, 2.45) is 11.5 Å². The third-order valence-electron chi connectivity index (χ3n) is 1.52. The molecule has 0 heterocycles. The Morgan fingerprint density at radius 1 is 1.00 bits per heavy atom. The molecule has 100 valence electrons. The van der Waals surface area contributed by atoms with Gasteiger partial charge in [-0.3, -0.25) is 0 Å². The van der Waals surface area contributed by atoms with Crippen LogP contribution in [-0.2, 0) is 11.2 Å². The van der Waals surface area contributed by atoms with E-state index in [0.29, 0.717) is 11.2 Å². The zero-order valence-electron chi connectivity index (χ0n) is 9.10. The predicted octanol–water partition coefficient (Wildman–Crippen LogP) is 1.20. The van der Waals surface area contributed by atoms with E-state index in [4.69, 9.17) is 21.7 Å². The van der Waals surface area contributed by atoms with Crippen molar-refractivity contribution < 1.29 is 21.4 Å². The molecular weight excluding hydrogens is 605 g/mol. The number of aliphatic hydroxyl groups is 2. The van der Waals surface area contributed by atoms with Gasteiger partial charge in [0, 0.05) is 12.1 Å². The average Bonchev–Trinajstić information content (AvgIpc) is 2.28. The van der Waals surface area contributed by atoms with Crippen LogP contribution in [0.4, 0.5) is 0 Å². The van der Waals surface area contributed by atoms with Crippen molar-refractivity contribution in [1.29, 1.82) is 0 Å². The first-order valence-corrected chi connectivity index (χ1v) is 17.5. The second-order valence-electron chi connectivity index (χ2n) is 2.75. The SMILES string of the molecule is CC[C@@H](N)CO.CC[C@@H](N)CO.[I][Pt][I]. The van der Waals surface area contributed by atoms with Gasteiger partial charge in [0.15, 0.2) is 0 Å². The zero-order chi connectivity index (χ0) is 12.7. The molecule has 0 rings (SSSR count). The number of hydrogen-bond acceptors (Lipinski definition) is 4. The molecule has 0 aliphatic rings. The van der Waals surface area contributed by atoms with Gasteiger partial charge in [-0.05, 0) is 12.8 Å². The van der Waals surface area contributed by atoms with Crippen molar-refractivity contribution in [3.05, 3.63) is 0 Å². The molecule has 0 aromatic carbocycles. The minimum atomic E-state index is -0.00926. The number of halogens is 2. The standard InChI is InChI=1S/2C4H11NO.2HI.Pt/c2*1-2-4(5)3-6;;;/h2*4,6H,2-3,5H2,1H3;2*1H;/q;;;;+2/p-2/t2*4-;;;/m11.../s1. The maximum atomic E-state index is 8.21. The van der Waals surface area contributed by atoms with Gasteiger partial charge in [0.1, 0.15) is 0 Å². The van der Waals surface area contributed by atoms with Crippen LogP contribution in [0.25, 0.3) is 0 Å². The van der Waals surface area contributed by atoms with E-state index in [2.05, 4.69) is 38.7 Å². The molecule has 15 heavy (non-hydrogen) atoms. The van der Waals surface area contributed by atoms with E-state index in [9.17, 15) is 0 Å². The van der Waals surface area contributed by atoms with Crippen molar-refractivity contribution in [1.82, 2.24) is 0 Å². The van der Waals surface area contributed by atoms with Crippen LogP contribution in [0.15, 0.2) is 0 Å². The Bertz CT molecular complexity index is 86.7. The summed E-state index contributed by atoms with van der Waals surface area (Å²) in [7, 11) is 0. The quantitative estimate of drug-likeness (QED) is 0.353. The number of nitrogens with two attached hydrogens (primary N) is 2. The zero-order valence-corrected chi connectivity index (χ0v) is 15.7. The molecule has 0 saturated heterocycles. The fourth-order valence-electron chi connectivity index (χ4n) is 0.258. The Labute approximate surface area is 122 Å². The first kappa shape index (κ1) is 22.2. The van der Waals surface area contributed by atoms with Crippen LogP contribution in [0, 0.1) is 0 Å². The van der Waals surface area contributed by atoms with Crippen molar-refractivity contribution in [3.63, 3.8) is 0 Å². The Morgan fingerprint density at radius 3 is 1.20 bits per heavy atom. The molecule has 0 saturated carbocycles. The van der Waals surface area contributed by atoms with Crippen LogP contribution in [0.2, 0.25) is 0 Å².